The van der Waals surface area contributed by atoms with Gasteiger partial charge in [-0.05, 0) is 43.7 Å². The quantitative estimate of drug-likeness (QED) is 0.400. The van der Waals surface area contributed by atoms with Crippen LogP contribution < -0.4 is 15.9 Å². The maximum absolute atomic E-state index is 12.2. The maximum atomic E-state index is 12.2. The second-order valence-electron chi connectivity index (χ2n) is 6.80. The van der Waals surface area contributed by atoms with Gasteiger partial charge in [-0.3, -0.25) is 4.79 Å². The van der Waals surface area contributed by atoms with Crippen molar-refractivity contribution in [3.05, 3.63) is 80.7 Å². The van der Waals surface area contributed by atoms with Crippen LogP contribution in [0.4, 0.5) is 0 Å². The molecular weight excluding hydrogens is 388 g/mol. The number of hydrogen-bond acceptors (Lipinski definition) is 7. The van der Waals surface area contributed by atoms with E-state index in [9.17, 15) is 14.4 Å². The second kappa shape index (κ2) is 7.82. The zero-order valence-electron chi connectivity index (χ0n) is 16.3. The standard InChI is InChI=1S/C22H18N2O6/c1-12-9-19(25)30-18-10-14(7-8-15(12)18)28-11-20(26)29-13(2)21-23-17-6-4-3-5-16(17)22(27)24-21/h3-10,13H,11H2,1-2H3,(H,23,24,27)/t13-/m0/s1. The number of fused-ring (bicyclic) bond motifs is 2. The topological polar surface area (TPSA) is 111 Å². The van der Waals surface area contributed by atoms with Crippen molar-refractivity contribution in [2.75, 3.05) is 6.61 Å². The van der Waals surface area contributed by atoms with Crippen LogP contribution in [0.3, 0.4) is 0 Å². The van der Waals surface area contributed by atoms with Crippen molar-refractivity contribution >= 4 is 27.8 Å². The Morgan fingerprint density at radius 1 is 1.13 bits per heavy atom. The zero-order chi connectivity index (χ0) is 21.3. The van der Waals surface area contributed by atoms with Gasteiger partial charge in [-0.1, -0.05) is 12.1 Å². The molecule has 0 saturated heterocycles. The Bertz CT molecular complexity index is 1370. The molecule has 2 aromatic heterocycles. The van der Waals surface area contributed by atoms with Crippen molar-refractivity contribution in [3.8, 4) is 5.75 Å². The van der Waals surface area contributed by atoms with Gasteiger partial charge in [-0.15, -0.1) is 0 Å². The number of hydrogen-bond donors (Lipinski definition) is 1. The van der Waals surface area contributed by atoms with Crippen LogP contribution in [0.2, 0.25) is 0 Å². The van der Waals surface area contributed by atoms with Gasteiger partial charge in [0, 0.05) is 17.5 Å². The first-order valence-electron chi connectivity index (χ1n) is 9.26. The minimum atomic E-state index is -0.768. The number of nitrogens with one attached hydrogen (secondary N) is 1. The zero-order valence-corrected chi connectivity index (χ0v) is 16.3. The number of ether oxygens (including phenoxy) is 2. The number of nitrogens with zero attached hydrogens (tertiary/aromatic N) is 1. The summed E-state index contributed by atoms with van der Waals surface area (Å²) in [5.41, 5.74) is 0.920. The number of carbonyl (C=O) groups excluding carboxylic acids is 1. The lowest BCUT2D eigenvalue weighted by Crippen LogP contribution is -2.20. The van der Waals surface area contributed by atoms with Crippen LogP contribution in [-0.2, 0) is 9.53 Å². The minimum Gasteiger partial charge on any atom is -0.482 e. The largest absolute Gasteiger partial charge is 0.482 e. The molecular formula is C22H18N2O6. The fourth-order valence-electron chi connectivity index (χ4n) is 3.12. The highest BCUT2D eigenvalue weighted by Gasteiger charge is 2.16. The number of benzene rings is 2. The van der Waals surface area contributed by atoms with Crippen LogP contribution in [0.15, 0.2) is 62.5 Å². The van der Waals surface area contributed by atoms with E-state index < -0.39 is 17.7 Å². The molecule has 8 heteroatoms. The van der Waals surface area contributed by atoms with Crippen LogP contribution in [0, 0.1) is 6.92 Å². The molecule has 0 saturated carbocycles. The van der Waals surface area contributed by atoms with Gasteiger partial charge in [-0.2, -0.15) is 0 Å². The molecule has 1 N–H and O–H groups in total. The van der Waals surface area contributed by atoms with Gasteiger partial charge >= 0.3 is 11.6 Å². The highest BCUT2D eigenvalue weighted by molar-refractivity contribution is 5.81. The van der Waals surface area contributed by atoms with E-state index >= 15 is 0 Å². The van der Waals surface area contributed by atoms with Crippen molar-refractivity contribution in [3.63, 3.8) is 0 Å². The third kappa shape index (κ3) is 3.93. The van der Waals surface area contributed by atoms with E-state index in [1.807, 2.05) is 6.92 Å². The molecule has 0 amide bonds. The molecule has 0 aliphatic carbocycles. The molecule has 4 rings (SSSR count). The number of aromatic amines is 1. The summed E-state index contributed by atoms with van der Waals surface area (Å²) in [6, 6.07) is 13.3. The fourth-order valence-corrected chi connectivity index (χ4v) is 3.12. The Labute approximate surface area is 170 Å². The van der Waals surface area contributed by atoms with Gasteiger partial charge in [0.1, 0.15) is 11.3 Å². The number of aryl methyl sites for hydroxylation is 1. The molecule has 0 fully saturated rings. The monoisotopic (exact) mass is 406 g/mol. The summed E-state index contributed by atoms with van der Waals surface area (Å²) in [6.07, 6.45) is -0.768. The Morgan fingerprint density at radius 3 is 2.77 bits per heavy atom. The minimum absolute atomic E-state index is 0.245. The lowest BCUT2D eigenvalue weighted by molar-refractivity contribution is -0.151. The number of para-hydroxylation sites is 1. The van der Waals surface area contributed by atoms with Crippen molar-refractivity contribution in [2.24, 2.45) is 0 Å². The number of carbonyl (C=O) groups is 1. The predicted octanol–water partition coefficient (Wildman–Crippen LogP) is 3.02. The van der Waals surface area contributed by atoms with E-state index in [-0.39, 0.29) is 18.0 Å². The second-order valence-corrected chi connectivity index (χ2v) is 6.80. The summed E-state index contributed by atoms with van der Waals surface area (Å²) in [5, 5.41) is 1.24. The average Bonchev–Trinajstić information content (AvgIpc) is 2.71. The molecule has 0 aliphatic rings. The van der Waals surface area contributed by atoms with Crippen molar-refractivity contribution < 1.29 is 18.7 Å². The van der Waals surface area contributed by atoms with E-state index in [0.717, 1.165) is 10.9 Å². The fraction of sp³-hybridized carbons (Fsp3) is 0.182. The molecule has 1 atom stereocenters. The first kappa shape index (κ1) is 19.4. The summed E-state index contributed by atoms with van der Waals surface area (Å²) in [4.78, 5) is 42.8. The number of rotatable bonds is 5. The normalized spacial score (nSPS) is 12.1. The van der Waals surface area contributed by atoms with Crippen molar-refractivity contribution in [2.45, 2.75) is 20.0 Å². The van der Waals surface area contributed by atoms with E-state index in [1.165, 1.54) is 6.07 Å². The number of H-pyrrole nitrogens is 1. The van der Waals surface area contributed by atoms with Gasteiger partial charge in [0.2, 0.25) is 0 Å². The van der Waals surface area contributed by atoms with Crippen LogP contribution in [0.5, 0.6) is 5.75 Å². The van der Waals surface area contributed by atoms with Crippen molar-refractivity contribution in [1.29, 1.82) is 0 Å². The first-order valence-corrected chi connectivity index (χ1v) is 9.26. The molecule has 2 heterocycles. The van der Waals surface area contributed by atoms with Gasteiger partial charge in [-0.25, -0.2) is 14.6 Å². The molecule has 0 unspecified atom stereocenters. The third-order valence-corrected chi connectivity index (χ3v) is 4.60. The molecule has 0 aliphatic heterocycles. The van der Waals surface area contributed by atoms with E-state index in [0.29, 0.717) is 22.2 Å². The van der Waals surface area contributed by atoms with Crippen LogP contribution in [-0.4, -0.2) is 22.5 Å². The average molecular weight is 406 g/mol. The number of esters is 1. The molecule has 8 nitrogen and oxygen atoms in total. The van der Waals surface area contributed by atoms with Crippen LogP contribution in [0.1, 0.15) is 24.4 Å². The summed E-state index contributed by atoms with van der Waals surface area (Å²) >= 11 is 0. The summed E-state index contributed by atoms with van der Waals surface area (Å²) in [7, 11) is 0. The lowest BCUT2D eigenvalue weighted by Gasteiger charge is -2.13. The van der Waals surface area contributed by atoms with E-state index in [2.05, 4.69) is 9.97 Å². The highest BCUT2D eigenvalue weighted by atomic mass is 16.6. The summed E-state index contributed by atoms with van der Waals surface area (Å²) in [6.45, 7) is 3.06. The molecule has 0 bridgehead atoms. The van der Waals surface area contributed by atoms with Gasteiger partial charge < -0.3 is 18.9 Å². The Morgan fingerprint density at radius 2 is 1.93 bits per heavy atom. The van der Waals surface area contributed by atoms with Gasteiger partial charge in [0.25, 0.3) is 5.56 Å². The molecule has 30 heavy (non-hydrogen) atoms. The maximum Gasteiger partial charge on any atom is 0.344 e. The molecule has 0 radical (unpaired) electrons. The lowest BCUT2D eigenvalue weighted by atomic mass is 10.1. The molecule has 0 spiro atoms. The van der Waals surface area contributed by atoms with E-state index in [4.69, 9.17) is 13.9 Å². The van der Waals surface area contributed by atoms with E-state index in [1.54, 1.807) is 49.4 Å². The Kier molecular flexibility index (Phi) is 5.05. The Hall–Kier alpha value is -3.94. The van der Waals surface area contributed by atoms with Gasteiger partial charge in [0.05, 0.1) is 10.9 Å². The Balaban J connectivity index is 1.44. The number of aromatic nitrogens is 2. The highest BCUT2D eigenvalue weighted by Crippen LogP contribution is 2.22. The van der Waals surface area contributed by atoms with Crippen molar-refractivity contribution in [1.82, 2.24) is 9.97 Å². The SMILES string of the molecule is Cc1cc(=O)oc2cc(OCC(=O)O[C@@H](C)c3nc4ccccc4c(=O)[nH]3)ccc12. The van der Waals surface area contributed by atoms with Gasteiger partial charge in [0.15, 0.2) is 18.5 Å². The summed E-state index contributed by atoms with van der Waals surface area (Å²) in [5.74, 6) is -0.0304. The predicted molar refractivity (Wildman–Crippen MR) is 110 cm³/mol. The summed E-state index contributed by atoms with van der Waals surface area (Å²) < 4.78 is 15.9. The first-order chi connectivity index (χ1) is 14.4. The molecule has 2 aromatic carbocycles. The third-order valence-electron chi connectivity index (χ3n) is 4.60. The van der Waals surface area contributed by atoms with Crippen LogP contribution in [0.25, 0.3) is 21.9 Å². The molecule has 152 valence electrons. The van der Waals surface area contributed by atoms with Crippen LogP contribution >= 0.6 is 0 Å². The smallest absolute Gasteiger partial charge is 0.344 e. The molecule has 4 aromatic rings.